The fraction of sp³-hybridized carbons (Fsp3) is 0.125. The van der Waals surface area contributed by atoms with E-state index in [0.717, 1.165) is 17.0 Å². The van der Waals surface area contributed by atoms with Crippen molar-refractivity contribution in [3.63, 3.8) is 0 Å². The van der Waals surface area contributed by atoms with Gasteiger partial charge >= 0.3 is 0 Å². The summed E-state index contributed by atoms with van der Waals surface area (Å²) in [6.45, 7) is 2.33. The number of aromatic nitrogens is 3. The highest BCUT2D eigenvalue weighted by molar-refractivity contribution is 7.71. The van der Waals surface area contributed by atoms with Crippen molar-refractivity contribution in [2.75, 3.05) is 0 Å². The molecule has 0 unspecified atom stereocenters. The van der Waals surface area contributed by atoms with Gasteiger partial charge in [0.2, 0.25) is 0 Å². The Morgan fingerprint density at radius 1 is 1.18 bits per heavy atom. The van der Waals surface area contributed by atoms with Crippen LogP contribution < -0.4 is 4.74 Å². The summed E-state index contributed by atoms with van der Waals surface area (Å²) in [5.74, 6) is 1.54. The van der Waals surface area contributed by atoms with Crippen LogP contribution in [0.25, 0.3) is 5.69 Å². The molecule has 0 fully saturated rings. The van der Waals surface area contributed by atoms with Crippen molar-refractivity contribution in [2.45, 2.75) is 13.5 Å². The molecule has 1 aromatic heterocycles. The lowest BCUT2D eigenvalue weighted by Gasteiger charge is -2.10. The number of rotatable bonds is 4. The predicted octanol–water partition coefficient (Wildman–Crippen LogP) is 4.47. The third-order valence-corrected chi connectivity index (χ3v) is 3.80. The summed E-state index contributed by atoms with van der Waals surface area (Å²) in [4.78, 5) is 0. The number of benzene rings is 2. The Kier molecular flexibility index (Phi) is 4.27. The summed E-state index contributed by atoms with van der Waals surface area (Å²) in [5, 5.41) is 7.73. The number of aryl methyl sites for hydroxylation is 1. The van der Waals surface area contributed by atoms with E-state index in [1.807, 2.05) is 60.0 Å². The summed E-state index contributed by atoms with van der Waals surface area (Å²) in [6.07, 6.45) is 0. The minimum Gasteiger partial charge on any atom is -0.485 e. The zero-order valence-corrected chi connectivity index (χ0v) is 13.5. The summed E-state index contributed by atoms with van der Waals surface area (Å²) in [7, 11) is 0. The number of H-pyrrole nitrogens is 1. The van der Waals surface area contributed by atoms with Crippen LogP contribution >= 0.6 is 23.8 Å². The molecule has 3 rings (SSSR count). The molecule has 0 saturated heterocycles. The second-order valence-corrected chi connectivity index (χ2v) is 5.63. The molecule has 0 radical (unpaired) electrons. The molecule has 0 aliphatic heterocycles. The third kappa shape index (κ3) is 3.05. The fourth-order valence-electron chi connectivity index (χ4n) is 2.14. The van der Waals surface area contributed by atoms with Crippen molar-refractivity contribution in [3.05, 3.63) is 69.7 Å². The first-order chi connectivity index (χ1) is 10.6. The largest absolute Gasteiger partial charge is 0.485 e. The quantitative estimate of drug-likeness (QED) is 0.717. The van der Waals surface area contributed by atoms with E-state index in [9.17, 15) is 0 Å². The van der Waals surface area contributed by atoms with Crippen molar-refractivity contribution in [1.82, 2.24) is 14.8 Å². The second-order valence-electron chi connectivity index (χ2n) is 4.81. The molecule has 0 aliphatic rings. The Hall–Kier alpha value is -2.11. The molecule has 0 saturated carbocycles. The lowest BCUT2D eigenvalue weighted by atomic mass is 10.2. The van der Waals surface area contributed by atoms with E-state index in [-0.39, 0.29) is 0 Å². The Labute approximate surface area is 138 Å². The Morgan fingerprint density at radius 2 is 1.91 bits per heavy atom. The highest BCUT2D eigenvalue weighted by atomic mass is 35.5. The van der Waals surface area contributed by atoms with Crippen LogP contribution in [0.3, 0.4) is 0 Å². The Morgan fingerprint density at radius 3 is 2.64 bits per heavy atom. The summed E-state index contributed by atoms with van der Waals surface area (Å²) in [6, 6.07) is 15.3. The standard InChI is InChI=1S/C16H14ClN3OS/c1-11-4-2-3-5-14(11)21-10-15-18-19-16(22)20(15)13-8-6-12(17)7-9-13/h2-9H,10H2,1H3,(H,19,22). The van der Waals surface area contributed by atoms with Gasteiger partial charge in [0.25, 0.3) is 0 Å². The zero-order valence-electron chi connectivity index (χ0n) is 11.9. The van der Waals surface area contributed by atoms with Crippen molar-refractivity contribution < 1.29 is 4.74 Å². The Bertz CT molecular complexity index is 839. The van der Waals surface area contributed by atoms with Crippen LogP contribution in [0.5, 0.6) is 5.75 Å². The van der Waals surface area contributed by atoms with Gasteiger partial charge in [0.05, 0.1) is 0 Å². The molecular weight excluding hydrogens is 318 g/mol. The number of halogens is 1. The van der Waals surface area contributed by atoms with E-state index in [1.54, 1.807) is 0 Å². The van der Waals surface area contributed by atoms with Crippen molar-refractivity contribution in [2.24, 2.45) is 0 Å². The highest BCUT2D eigenvalue weighted by Crippen LogP contribution is 2.19. The lowest BCUT2D eigenvalue weighted by Crippen LogP contribution is -2.06. The molecular formula is C16H14ClN3OS. The normalized spacial score (nSPS) is 10.6. The van der Waals surface area contributed by atoms with E-state index in [2.05, 4.69) is 10.2 Å². The topological polar surface area (TPSA) is 42.8 Å². The summed E-state index contributed by atoms with van der Waals surface area (Å²) >= 11 is 11.2. The molecule has 6 heteroatoms. The highest BCUT2D eigenvalue weighted by Gasteiger charge is 2.09. The first-order valence-electron chi connectivity index (χ1n) is 6.76. The van der Waals surface area contributed by atoms with Gasteiger partial charge in [0.1, 0.15) is 12.4 Å². The van der Waals surface area contributed by atoms with Gasteiger partial charge in [0.15, 0.2) is 10.6 Å². The van der Waals surface area contributed by atoms with Crippen LogP contribution in [0.2, 0.25) is 5.02 Å². The third-order valence-electron chi connectivity index (χ3n) is 3.28. The molecule has 2 aromatic carbocycles. The molecule has 4 nitrogen and oxygen atoms in total. The summed E-state index contributed by atoms with van der Waals surface area (Å²) in [5.41, 5.74) is 1.97. The van der Waals surface area contributed by atoms with Crippen molar-refractivity contribution >= 4 is 23.8 Å². The van der Waals surface area contributed by atoms with Gasteiger partial charge in [-0.1, -0.05) is 29.8 Å². The number of hydrogen-bond donors (Lipinski definition) is 1. The molecule has 0 spiro atoms. The SMILES string of the molecule is Cc1ccccc1OCc1n[nH]c(=S)n1-c1ccc(Cl)cc1. The van der Waals surface area contributed by atoms with Gasteiger partial charge in [-0.2, -0.15) is 5.10 Å². The number of hydrogen-bond acceptors (Lipinski definition) is 3. The minimum absolute atomic E-state index is 0.320. The van der Waals surface area contributed by atoms with E-state index >= 15 is 0 Å². The number of para-hydroxylation sites is 1. The van der Waals surface area contributed by atoms with E-state index in [1.165, 1.54) is 0 Å². The molecule has 1 N–H and O–H groups in total. The molecule has 0 amide bonds. The van der Waals surface area contributed by atoms with Gasteiger partial charge in [-0.05, 0) is 55.0 Å². The van der Waals surface area contributed by atoms with Crippen LogP contribution in [0.4, 0.5) is 0 Å². The van der Waals surface area contributed by atoms with Crippen LogP contribution in [0.15, 0.2) is 48.5 Å². The first kappa shape index (κ1) is 14.8. The predicted molar refractivity (Wildman–Crippen MR) is 89.3 cm³/mol. The van der Waals surface area contributed by atoms with Crippen LogP contribution in [-0.2, 0) is 6.61 Å². The molecule has 0 aliphatic carbocycles. The van der Waals surface area contributed by atoms with Crippen molar-refractivity contribution in [1.29, 1.82) is 0 Å². The Balaban J connectivity index is 1.88. The molecule has 3 aromatic rings. The smallest absolute Gasteiger partial charge is 0.199 e. The number of nitrogens with one attached hydrogen (secondary N) is 1. The maximum atomic E-state index is 5.93. The van der Waals surface area contributed by atoms with E-state index < -0.39 is 0 Å². The van der Waals surface area contributed by atoms with E-state index in [0.29, 0.717) is 22.2 Å². The first-order valence-corrected chi connectivity index (χ1v) is 7.54. The van der Waals surface area contributed by atoms with Gasteiger partial charge in [-0.3, -0.25) is 9.67 Å². The zero-order chi connectivity index (χ0) is 15.5. The average molecular weight is 332 g/mol. The number of aromatic amines is 1. The maximum Gasteiger partial charge on any atom is 0.199 e. The number of nitrogens with zero attached hydrogens (tertiary/aromatic N) is 2. The van der Waals surface area contributed by atoms with Gasteiger partial charge < -0.3 is 4.74 Å². The lowest BCUT2D eigenvalue weighted by molar-refractivity contribution is 0.291. The monoisotopic (exact) mass is 331 g/mol. The van der Waals surface area contributed by atoms with E-state index in [4.69, 9.17) is 28.6 Å². The molecule has 22 heavy (non-hydrogen) atoms. The molecule has 0 atom stereocenters. The van der Waals surface area contributed by atoms with Crippen molar-refractivity contribution in [3.8, 4) is 11.4 Å². The maximum absolute atomic E-state index is 5.93. The molecule has 1 heterocycles. The van der Waals surface area contributed by atoms with Gasteiger partial charge in [-0.15, -0.1) is 0 Å². The number of ether oxygens (including phenoxy) is 1. The van der Waals surface area contributed by atoms with Crippen LogP contribution in [0.1, 0.15) is 11.4 Å². The molecule has 0 bridgehead atoms. The van der Waals surface area contributed by atoms with Crippen LogP contribution in [-0.4, -0.2) is 14.8 Å². The van der Waals surface area contributed by atoms with Gasteiger partial charge in [0, 0.05) is 10.7 Å². The minimum atomic E-state index is 0.320. The fourth-order valence-corrected chi connectivity index (χ4v) is 2.53. The second kappa shape index (κ2) is 6.34. The molecule has 112 valence electrons. The van der Waals surface area contributed by atoms with Crippen LogP contribution in [0, 0.1) is 11.7 Å². The summed E-state index contributed by atoms with van der Waals surface area (Å²) < 4.78 is 8.20. The average Bonchev–Trinajstić information content (AvgIpc) is 2.88. The van der Waals surface area contributed by atoms with Gasteiger partial charge in [-0.25, -0.2) is 0 Å².